The van der Waals surface area contributed by atoms with Crippen LogP contribution < -0.4 is 16.4 Å². The molecule has 2 aromatic carbocycles. The van der Waals surface area contributed by atoms with Crippen LogP contribution in [0.15, 0.2) is 42.5 Å². The van der Waals surface area contributed by atoms with Gasteiger partial charge >= 0.3 is 6.03 Å². The molecule has 4 N–H and O–H groups in total. The predicted octanol–water partition coefficient (Wildman–Crippen LogP) is 3.74. The van der Waals surface area contributed by atoms with Gasteiger partial charge < -0.3 is 16.4 Å². The van der Waals surface area contributed by atoms with Crippen LogP contribution in [-0.2, 0) is 0 Å². The molecule has 5 nitrogen and oxygen atoms in total. The fourth-order valence-electron chi connectivity index (χ4n) is 1.62. The number of nitrogens with two attached hydrogens (primary N) is 1. The van der Waals surface area contributed by atoms with Crippen molar-refractivity contribution >= 4 is 46.5 Å². The first-order valence-corrected chi connectivity index (χ1v) is 6.64. The van der Waals surface area contributed by atoms with Gasteiger partial charge in [-0.05, 0) is 42.5 Å². The quantitative estimate of drug-likeness (QED) is 0.803. The standard InChI is InChI=1S/C14H11Cl2N3O2/c15-11-6-5-10(7-12(11)16)18-13(20)8-1-3-9(4-2-8)19-14(17)21/h1-7H,(H,18,20)(H3,17,19,21). The minimum atomic E-state index is -0.664. The summed E-state index contributed by atoms with van der Waals surface area (Å²) in [5.74, 6) is -0.306. The largest absolute Gasteiger partial charge is 0.351 e. The summed E-state index contributed by atoms with van der Waals surface area (Å²) in [4.78, 5) is 22.7. The summed E-state index contributed by atoms with van der Waals surface area (Å²) in [6, 6.07) is 10.4. The van der Waals surface area contributed by atoms with Gasteiger partial charge in [0.1, 0.15) is 0 Å². The summed E-state index contributed by atoms with van der Waals surface area (Å²) in [6.07, 6.45) is 0. The molecule has 2 rings (SSSR count). The molecule has 0 saturated carbocycles. The van der Waals surface area contributed by atoms with E-state index in [0.29, 0.717) is 27.0 Å². The van der Waals surface area contributed by atoms with Crippen molar-refractivity contribution in [3.63, 3.8) is 0 Å². The van der Waals surface area contributed by atoms with Gasteiger partial charge in [-0.3, -0.25) is 4.79 Å². The summed E-state index contributed by atoms with van der Waals surface area (Å²) in [5, 5.41) is 5.87. The number of anilines is 2. The Hall–Kier alpha value is -2.24. The van der Waals surface area contributed by atoms with Crippen LogP contribution in [0.25, 0.3) is 0 Å². The van der Waals surface area contributed by atoms with E-state index < -0.39 is 6.03 Å². The molecule has 0 fully saturated rings. The molecule has 0 bridgehead atoms. The Kier molecular flexibility index (Phi) is 4.67. The molecule has 3 amide bonds. The molecular formula is C14H11Cl2N3O2. The van der Waals surface area contributed by atoms with Gasteiger partial charge in [0.15, 0.2) is 0 Å². The lowest BCUT2D eigenvalue weighted by molar-refractivity contribution is 0.102. The summed E-state index contributed by atoms with van der Waals surface area (Å²) < 4.78 is 0. The van der Waals surface area contributed by atoms with Crippen molar-refractivity contribution in [2.75, 3.05) is 10.6 Å². The number of hydrogen-bond donors (Lipinski definition) is 3. The Labute approximate surface area is 131 Å². The van der Waals surface area contributed by atoms with Crippen LogP contribution in [-0.4, -0.2) is 11.9 Å². The number of nitrogens with one attached hydrogen (secondary N) is 2. The van der Waals surface area contributed by atoms with Crippen molar-refractivity contribution in [2.24, 2.45) is 5.73 Å². The van der Waals surface area contributed by atoms with Crippen molar-refractivity contribution in [1.82, 2.24) is 0 Å². The van der Waals surface area contributed by atoms with Crippen LogP contribution in [0.1, 0.15) is 10.4 Å². The van der Waals surface area contributed by atoms with Crippen LogP contribution in [0.2, 0.25) is 10.0 Å². The number of urea groups is 1. The summed E-state index contributed by atoms with van der Waals surface area (Å²) >= 11 is 11.7. The molecule has 108 valence electrons. The van der Waals surface area contributed by atoms with Gasteiger partial charge in [-0.15, -0.1) is 0 Å². The second kappa shape index (κ2) is 6.47. The van der Waals surface area contributed by atoms with Gasteiger partial charge in [-0.25, -0.2) is 4.79 Å². The number of primary amides is 1. The molecular weight excluding hydrogens is 313 g/mol. The number of amides is 3. The molecule has 0 aliphatic rings. The Bertz CT molecular complexity index is 687. The summed E-state index contributed by atoms with van der Waals surface area (Å²) in [6.45, 7) is 0. The maximum absolute atomic E-state index is 12.0. The van der Waals surface area contributed by atoms with E-state index in [0.717, 1.165) is 0 Å². The monoisotopic (exact) mass is 323 g/mol. The first-order chi connectivity index (χ1) is 9.95. The molecule has 21 heavy (non-hydrogen) atoms. The summed E-state index contributed by atoms with van der Waals surface area (Å²) in [5.41, 5.74) is 6.47. The second-order valence-electron chi connectivity index (χ2n) is 4.15. The molecule has 0 aliphatic carbocycles. The minimum absolute atomic E-state index is 0.306. The smallest absolute Gasteiger partial charge is 0.316 e. The minimum Gasteiger partial charge on any atom is -0.351 e. The van der Waals surface area contributed by atoms with Crippen molar-refractivity contribution in [2.45, 2.75) is 0 Å². The van der Waals surface area contributed by atoms with Gasteiger partial charge in [0, 0.05) is 16.9 Å². The molecule has 0 heterocycles. The lowest BCUT2D eigenvalue weighted by atomic mass is 10.2. The number of carbonyl (C=O) groups is 2. The highest BCUT2D eigenvalue weighted by Gasteiger charge is 2.07. The van der Waals surface area contributed by atoms with E-state index in [1.54, 1.807) is 42.5 Å². The van der Waals surface area contributed by atoms with Gasteiger partial charge in [0.05, 0.1) is 10.0 Å². The molecule has 0 saturated heterocycles. The van der Waals surface area contributed by atoms with Gasteiger partial charge in [-0.1, -0.05) is 23.2 Å². The molecule has 0 radical (unpaired) electrons. The molecule has 0 aliphatic heterocycles. The highest BCUT2D eigenvalue weighted by Crippen LogP contribution is 2.25. The number of benzene rings is 2. The normalized spacial score (nSPS) is 10.0. The lowest BCUT2D eigenvalue weighted by Crippen LogP contribution is -2.19. The van der Waals surface area contributed by atoms with E-state index in [1.807, 2.05) is 0 Å². The first-order valence-electron chi connectivity index (χ1n) is 5.88. The summed E-state index contributed by atoms with van der Waals surface area (Å²) in [7, 11) is 0. The number of carbonyl (C=O) groups excluding carboxylic acids is 2. The Balaban J connectivity index is 2.09. The van der Waals surface area contributed by atoms with Gasteiger partial charge in [0.25, 0.3) is 5.91 Å². The third kappa shape index (κ3) is 4.11. The van der Waals surface area contributed by atoms with Crippen LogP contribution in [0.4, 0.5) is 16.2 Å². The first kappa shape index (κ1) is 15.2. The van der Waals surface area contributed by atoms with Crippen molar-refractivity contribution in [3.8, 4) is 0 Å². The van der Waals surface area contributed by atoms with Crippen LogP contribution in [0, 0.1) is 0 Å². The highest BCUT2D eigenvalue weighted by molar-refractivity contribution is 6.42. The van der Waals surface area contributed by atoms with Crippen LogP contribution in [0.5, 0.6) is 0 Å². The van der Waals surface area contributed by atoms with E-state index in [-0.39, 0.29) is 5.91 Å². The average Bonchev–Trinajstić information content (AvgIpc) is 2.43. The zero-order chi connectivity index (χ0) is 15.4. The molecule has 7 heteroatoms. The van der Waals surface area contributed by atoms with Gasteiger partial charge in [0.2, 0.25) is 0 Å². The van der Waals surface area contributed by atoms with Crippen molar-refractivity contribution in [1.29, 1.82) is 0 Å². The zero-order valence-corrected chi connectivity index (χ0v) is 12.2. The molecule has 2 aromatic rings. The molecule has 0 unspecified atom stereocenters. The third-order valence-corrected chi connectivity index (χ3v) is 3.33. The molecule has 0 spiro atoms. The number of rotatable bonds is 3. The van der Waals surface area contributed by atoms with Crippen molar-refractivity contribution in [3.05, 3.63) is 58.1 Å². The SMILES string of the molecule is NC(=O)Nc1ccc(C(=O)Nc2ccc(Cl)c(Cl)c2)cc1. The van der Waals surface area contributed by atoms with E-state index in [2.05, 4.69) is 10.6 Å². The number of hydrogen-bond acceptors (Lipinski definition) is 2. The second-order valence-corrected chi connectivity index (χ2v) is 4.96. The maximum Gasteiger partial charge on any atom is 0.316 e. The Morgan fingerprint density at radius 2 is 1.48 bits per heavy atom. The maximum atomic E-state index is 12.0. The fraction of sp³-hybridized carbons (Fsp3) is 0. The van der Waals surface area contributed by atoms with E-state index in [1.165, 1.54) is 0 Å². The Morgan fingerprint density at radius 3 is 2.05 bits per heavy atom. The topological polar surface area (TPSA) is 84.2 Å². The third-order valence-electron chi connectivity index (χ3n) is 2.59. The lowest BCUT2D eigenvalue weighted by Gasteiger charge is -2.07. The molecule has 0 aromatic heterocycles. The van der Waals surface area contributed by atoms with Crippen molar-refractivity contribution < 1.29 is 9.59 Å². The fourth-order valence-corrected chi connectivity index (χ4v) is 1.92. The molecule has 0 atom stereocenters. The Morgan fingerprint density at radius 1 is 0.857 bits per heavy atom. The zero-order valence-electron chi connectivity index (χ0n) is 10.7. The average molecular weight is 324 g/mol. The van der Waals surface area contributed by atoms with Crippen LogP contribution >= 0.6 is 23.2 Å². The highest BCUT2D eigenvalue weighted by atomic mass is 35.5. The van der Waals surface area contributed by atoms with E-state index in [4.69, 9.17) is 28.9 Å². The van der Waals surface area contributed by atoms with E-state index in [9.17, 15) is 9.59 Å². The van der Waals surface area contributed by atoms with E-state index >= 15 is 0 Å². The van der Waals surface area contributed by atoms with Gasteiger partial charge in [-0.2, -0.15) is 0 Å². The van der Waals surface area contributed by atoms with Crippen LogP contribution in [0.3, 0.4) is 0 Å². The number of halogens is 2. The predicted molar refractivity (Wildman–Crippen MR) is 84.1 cm³/mol.